The van der Waals surface area contributed by atoms with Gasteiger partial charge in [0.25, 0.3) is 0 Å². The second-order valence-corrected chi connectivity index (χ2v) is 3.82. The number of esters is 1. The lowest BCUT2D eigenvalue weighted by Gasteiger charge is -2.16. The Balaban J connectivity index is 2.87. The highest BCUT2D eigenvalue weighted by atomic mass is 16.5. The van der Waals surface area contributed by atoms with Gasteiger partial charge in [-0.15, -0.1) is 0 Å². The van der Waals surface area contributed by atoms with Crippen LogP contribution < -0.4 is 5.32 Å². The summed E-state index contributed by atoms with van der Waals surface area (Å²) in [5.74, 6) is -0.237. The SMILES string of the molecule is CCCNC(C(=O)OC)c1cccc(C)c1. The molecule has 0 aromatic heterocycles. The molecule has 0 aliphatic carbocycles. The van der Waals surface area contributed by atoms with E-state index in [0.717, 1.165) is 24.1 Å². The Hall–Kier alpha value is -1.35. The summed E-state index contributed by atoms with van der Waals surface area (Å²) in [6.45, 7) is 4.88. The summed E-state index contributed by atoms with van der Waals surface area (Å²) in [6.07, 6.45) is 0.985. The third kappa shape index (κ3) is 3.35. The number of hydrogen-bond donors (Lipinski definition) is 1. The molecule has 0 saturated carbocycles. The Kier molecular flexibility index (Phi) is 4.99. The molecule has 1 atom stereocenters. The van der Waals surface area contributed by atoms with Crippen LogP contribution in [0.2, 0.25) is 0 Å². The van der Waals surface area contributed by atoms with Gasteiger partial charge in [0, 0.05) is 0 Å². The molecule has 3 nitrogen and oxygen atoms in total. The summed E-state index contributed by atoms with van der Waals surface area (Å²) in [4.78, 5) is 11.6. The molecule has 0 bridgehead atoms. The summed E-state index contributed by atoms with van der Waals surface area (Å²) < 4.78 is 4.80. The highest BCUT2D eigenvalue weighted by molar-refractivity contribution is 5.77. The Morgan fingerprint density at radius 2 is 2.25 bits per heavy atom. The fourth-order valence-corrected chi connectivity index (χ4v) is 1.59. The van der Waals surface area contributed by atoms with E-state index in [-0.39, 0.29) is 12.0 Å². The maximum Gasteiger partial charge on any atom is 0.327 e. The van der Waals surface area contributed by atoms with Crippen molar-refractivity contribution in [1.82, 2.24) is 5.32 Å². The molecule has 1 unspecified atom stereocenters. The third-order valence-electron chi connectivity index (χ3n) is 2.41. The van der Waals surface area contributed by atoms with Crippen LogP contribution >= 0.6 is 0 Å². The van der Waals surface area contributed by atoms with Crippen molar-refractivity contribution in [3.8, 4) is 0 Å². The molecule has 1 rings (SSSR count). The zero-order valence-corrected chi connectivity index (χ0v) is 10.1. The minimum absolute atomic E-state index is 0.237. The van der Waals surface area contributed by atoms with Crippen LogP contribution in [0.4, 0.5) is 0 Å². The minimum atomic E-state index is -0.357. The molecular weight excluding hydrogens is 202 g/mol. The molecule has 1 aromatic carbocycles. The van der Waals surface area contributed by atoms with Gasteiger partial charge in [-0.05, 0) is 25.5 Å². The van der Waals surface area contributed by atoms with Gasteiger partial charge in [-0.25, -0.2) is 4.79 Å². The van der Waals surface area contributed by atoms with Crippen molar-refractivity contribution in [3.05, 3.63) is 35.4 Å². The minimum Gasteiger partial charge on any atom is -0.468 e. The fraction of sp³-hybridized carbons (Fsp3) is 0.462. The topological polar surface area (TPSA) is 38.3 Å². The van der Waals surface area contributed by atoms with Gasteiger partial charge >= 0.3 is 5.97 Å². The molecule has 1 N–H and O–H groups in total. The largest absolute Gasteiger partial charge is 0.468 e. The molecule has 3 heteroatoms. The van der Waals surface area contributed by atoms with Gasteiger partial charge in [0.15, 0.2) is 0 Å². The number of benzene rings is 1. The first-order valence-electron chi connectivity index (χ1n) is 5.56. The van der Waals surface area contributed by atoms with Crippen molar-refractivity contribution in [2.75, 3.05) is 13.7 Å². The second kappa shape index (κ2) is 6.28. The number of aryl methyl sites for hydroxylation is 1. The van der Waals surface area contributed by atoms with Gasteiger partial charge in [0.05, 0.1) is 7.11 Å². The maximum atomic E-state index is 11.6. The summed E-state index contributed by atoms with van der Waals surface area (Å²) in [6, 6.07) is 7.55. The van der Waals surface area contributed by atoms with Gasteiger partial charge < -0.3 is 10.1 Å². The van der Waals surface area contributed by atoms with Gasteiger partial charge in [0.2, 0.25) is 0 Å². The quantitative estimate of drug-likeness (QED) is 0.775. The van der Waals surface area contributed by atoms with Crippen LogP contribution in [0.15, 0.2) is 24.3 Å². The zero-order valence-electron chi connectivity index (χ0n) is 10.1. The van der Waals surface area contributed by atoms with Gasteiger partial charge in [-0.2, -0.15) is 0 Å². The zero-order chi connectivity index (χ0) is 12.0. The van der Waals surface area contributed by atoms with Crippen molar-refractivity contribution in [2.45, 2.75) is 26.3 Å². The number of rotatable bonds is 5. The maximum absolute atomic E-state index is 11.6. The van der Waals surface area contributed by atoms with Crippen molar-refractivity contribution < 1.29 is 9.53 Å². The summed E-state index contributed by atoms with van der Waals surface area (Å²) >= 11 is 0. The number of methoxy groups -OCH3 is 1. The number of nitrogens with one attached hydrogen (secondary N) is 1. The average Bonchev–Trinajstić information content (AvgIpc) is 2.29. The molecule has 0 saturated heterocycles. The second-order valence-electron chi connectivity index (χ2n) is 3.82. The molecule has 0 radical (unpaired) electrons. The number of carbonyl (C=O) groups excluding carboxylic acids is 1. The van der Waals surface area contributed by atoms with E-state index in [1.54, 1.807) is 0 Å². The van der Waals surface area contributed by atoms with E-state index in [4.69, 9.17) is 4.74 Å². The van der Waals surface area contributed by atoms with Crippen LogP contribution in [0.3, 0.4) is 0 Å². The van der Waals surface area contributed by atoms with Crippen LogP contribution in [0.1, 0.15) is 30.5 Å². The van der Waals surface area contributed by atoms with E-state index >= 15 is 0 Å². The Morgan fingerprint density at radius 1 is 1.50 bits per heavy atom. The predicted molar refractivity (Wildman–Crippen MR) is 64.2 cm³/mol. The highest BCUT2D eigenvalue weighted by Crippen LogP contribution is 2.15. The van der Waals surface area contributed by atoms with Gasteiger partial charge in [-0.3, -0.25) is 0 Å². The number of ether oxygens (including phenoxy) is 1. The first-order chi connectivity index (χ1) is 7.69. The summed E-state index contributed by atoms with van der Waals surface area (Å²) in [5, 5.41) is 3.19. The van der Waals surface area contributed by atoms with E-state index in [2.05, 4.69) is 12.2 Å². The molecule has 88 valence electrons. The monoisotopic (exact) mass is 221 g/mol. The van der Waals surface area contributed by atoms with E-state index in [1.165, 1.54) is 7.11 Å². The molecule has 0 aliphatic rings. The van der Waals surface area contributed by atoms with Gasteiger partial charge in [-0.1, -0.05) is 36.8 Å². The summed E-state index contributed by atoms with van der Waals surface area (Å²) in [7, 11) is 1.42. The van der Waals surface area contributed by atoms with E-state index in [0.29, 0.717) is 0 Å². The molecular formula is C13H19NO2. The third-order valence-corrected chi connectivity index (χ3v) is 2.41. The van der Waals surface area contributed by atoms with Crippen LogP contribution in [-0.2, 0) is 9.53 Å². The van der Waals surface area contributed by atoms with Crippen molar-refractivity contribution >= 4 is 5.97 Å². The normalized spacial score (nSPS) is 12.2. The first-order valence-corrected chi connectivity index (χ1v) is 5.56. The summed E-state index contributed by atoms with van der Waals surface area (Å²) in [5.41, 5.74) is 2.10. The molecule has 0 heterocycles. The first kappa shape index (κ1) is 12.7. The lowest BCUT2D eigenvalue weighted by atomic mass is 10.0. The number of carbonyl (C=O) groups is 1. The lowest BCUT2D eigenvalue weighted by Crippen LogP contribution is -2.30. The standard InChI is InChI=1S/C13H19NO2/c1-4-8-14-12(13(15)16-3)11-7-5-6-10(2)9-11/h5-7,9,12,14H,4,8H2,1-3H3. The molecule has 0 spiro atoms. The van der Waals surface area contributed by atoms with Crippen molar-refractivity contribution in [1.29, 1.82) is 0 Å². The van der Waals surface area contributed by atoms with Crippen LogP contribution in [0.25, 0.3) is 0 Å². The molecule has 0 amide bonds. The van der Waals surface area contributed by atoms with Crippen LogP contribution in [0, 0.1) is 6.92 Å². The lowest BCUT2D eigenvalue weighted by molar-refractivity contribution is -0.143. The highest BCUT2D eigenvalue weighted by Gasteiger charge is 2.20. The smallest absolute Gasteiger partial charge is 0.327 e. The average molecular weight is 221 g/mol. The van der Waals surface area contributed by atoms with Crippen molar-refractivity contribution in [2.24, 2.45) is 0 Å². The Labute approximate surface area is 96.8 Å². The van der Waals surface area contributed by atoms with E-state index in [1.807, 2.05) is 31.2 Å². The molecule has 0 fully saturated rings. The predicted octanol–water partition coefficient (Wildman–Crippen LogP) is 2.21. The Morgan fingerprint density at radius 3 is 2.81 bits per heavy atom. The number of hydrogen-bond acceptors (Lipinski definition) is 3. The van der Waals surface area contributed by atoms with Crippen LogP contribution in [-0.4, -0.2) is 19.6 Å². The van der Waals surface area contributed by atoms with Crippen LogP contribution in [0.5, 0.6) is 0 Å². The van der Waals surface area contributed by atoms with E-state index in [9.17, 15) is 4.79 Å². The van der Waals surface area contributed by atoms with Crippen molar-refractivity contribution in [3.63, 3.8) is 0 Å². The molecule has 16 heavy (non-hydrogen) atoms. The fourth-order valence-electron chi connectivity index (χ4n) is 1.59. The van der Waals surface area contributed by atoms with E-state index < -0.39 is 0 Å². The Bertz CT molecular complexity index is 350. The molecule has 1 aromatic rings. The van der Waals surface area contributed by atoms with Gasteiger partial charge in [0.1, 0.15) is 6.04 Å². The molecule has 0 aliphatic heterocycles.